The monoisotopic (exact) mass is 472 g/mol. The van der Waals surface area contributed by atoms with Crippen molar-refractivity contribution >= 4 is 17.7 Å². The molecule has 0 aromatic heterocycles. The predicted octanol–water partition coefficient (Wildman–Crippen LogP) is 3.55. The second kappa shape index (κ2) is 12.5. The molecule has 3 rings (SSSR count). The maximum absolute atomic E-state index is 12.8. The smallest absolute Gasteiger partial charge is 0.412 e. The van der Waals surface area contributed by atoms with Crippen molar-refractivity contribution in [2.75, 3.05) is 25.3 Å². The summed E-state index contributed by atoms with van der Waals surface area (Å²) >= 11 is 0. The van der Waals surface area contributed by atoms with Crippen molar-refractivity contribution in [2.24, 2.45) is 5.92 Å². The normalized spacial score (nSPS) is 13.9. The van der Waals surface area contributed by atoms with Crippen LogP contribution in [-0.4, -0.2) is 42.3 Å². The van der Waals surface area contributed by atoms with E-state index in [1.54, 1.807) is 42.5 Å². The molecule has 1 heterocycles. The topological polar surface area (TPSA) is 136 Å². The van der Waals surface area contributed by atoms with Crippen LogP contribution in [0.1, 0.15) is 31.4 Å². The summed E-state index contributed by atoms with van der Waals surface area (Å²) in [5.41, 5.74) is 2.76. The first-order valence-electron chi connectivity index (χ1n) is 10.8. The molecule has 0 fully saturated rings. The molecule has 2 aromatic carbocycles. The van der Waals surface area contributed by atoms with E-state index in [9.17, 15) is 9.59 Å². The van der Waals surface area contributed by atoms with E-state index in [-0.39, 0.29) is 25.9 Å². The zero-order valence-electron chi connectivity index (χ0n) is 18.7. The van der Waals surface area contributed by atoms with Gasteiger partial charge < -0.3 is 24.1 Å². The predicted molar refractivity (Wildman–Crippen MR) is 122 cm³/mol. The molecule has 0 saturated heterocycles. The number of fused-ring (bicyclic) bond motifs is 1. The first kappa shape index (κ1) is 24.9. The van der Waals surface area contributed by atoms with E-state index in [1.807, 2.05) is 13.0 Å². The minimum Gasteiger partial charge on any atom is -0.491 e. The molecule has 0 aliphatic carbocycles. The van der Waals surface area contributed by atoms with Gasteiger partial charge in [-0.15, -0.1) is 0 Å². The summed E-state index contributed by atoms with van der Waals surface area (Å²) in [4.78, 5) is 23.9. The highest BCUT2D eigenvalue weighted by molar-refractivity contribution is 5.86. The Balaban J connectivity index is 1.71. The van der Waals surface area contributed by atoms with Gasteiger partial charge in [0.1, 0.15) is 18.5 Å². The van der Waals surface area contributed by atoms with E-state index in [0.717, 1.165) is 5.56 Å². The van der Waals surface area contributed by atoms with Crippen molar-refractivity contribution in [3.8, 4) is 17.2 Å². The van der Waals surface area contributed by atoms with E-state index in [0.29, 0.717) is 35.8 Å². The maximum Gasteiger partial charge on any atom is 0.412 e. The molecule has 1 aliphatic rings. The highest BCUT2D eigenvalue weighted by Crippen LogP contribution is 2.35. The lowest BCUT2D eigenvalue weighted by molar-refractivity contribution is -0.124. The van der Waals surface area contributed by atoms with Gasteiger partial charge >= 0.3 is 6.09 Å². The molecule has 2 aromatic rings. The Morgan fingerprint density at radius 1 is 1.18 bits per heavy atom. The number of hydroxylamine groups is 1. The minimum atomic E-state index is -0.646. The van der Waals surface area contributed by atoms with Crippen LogP contribution >= 0.6 is 0 Å². The summed E-state index contributed by atoms with van der Waals surface area (Å²) in [7, 11) is 0. The first-order chi connectivity index (χ1) is 16.5. The summed E-state index contributed by atoms with van der Waals surface area (Å²) in [5.74, 6) is 0.945. The van der Waals surface area contributed by atoms with Crippen LogP contribution < -0.4 is 25.0 Å². The first-order valence-corrected chi connectivity index (χ1v) is 10.8. The van der Waals surface area contributed by atoms with Gasteiger partial charge in [0, 0.05) is 17.8 Å². The van der Waals surface area contributed by atoms with Crippen LogP contribution in [0.25, 0.3) is 0 Å². The van der Waals surface area contributed by atoms with Crippen LogP contribution in [0.4, 0.5) is 10.5 Å². The van der Waals surface area contributed by atoms with E-state index in [1.165, 1.54) is 11.6 Å². The Labute approximate surface area is 197 Å². The SMILES string of the molecule is C[C@@H](CC/C=C/C(=O)NO)[C@@H](OC(=O)Nc1ccc2c(c1)OCO2)c1cccc(OCCO)c1. The van der Waals surface area contributed by atoms with Gasteiger partial charge in [0.05, 0.1) is 6.61 Å². The summed E-state index contributed by atoms with van der Waals surface area (Å²) in [6.07, 6.45) is 2.72. The number of carbonyl (C=O) groups excluding carboxylic acids is 2. The minimum absolute atomic E-state index is 0.119. The third-order valence-electron chi connectivity index (χ3n) is 5.08. The lowest BCUT2D eigenvalue weighted by Crippen LogP contribution is -2.22. The van der Waals surface area contributed by atoms with E-state index >= 15 is 0 Å². The molecule has 2 amide bonds. The number of carbonyl (C=O) groups is 2. The second-order valence-electron chi connectivity index (χ2n) is 7.60. The van der Waals surface area contributed by atoms with Gasteiger partial charge in [0.25, 0.3) is 5.91 Å². The third-order valence-corrected chi connectivity index (χ3v) is 5.08. The van der Waals surface area contributed by atoms with E-state index in [2.05, 4.69) is 5.32 Å². The Morgan fingerprint density at radius 3 is 2.79 bits per heavy atom. The van der Waals surface area contributed by atoms with Gasteiger partial charge in [-0.2, -0.15) is 0 Å². The molecule has 4 N–H and O–H groups in total. The largest absolute Gasteiger partial charge is 0.491 e. The molecular weight excluding hydrogens is 444 g/mol. The van der Waals surface area contributed by atoms with Gasteiger partial charge in [0.15, 0.2) is 11.5 Å². The van der Waals surface area contributed by atoms with Crippen molar-refractivity contribution in [2.45, 2.75) is 25.9 Å². The van der Waals surface area contributed by atoms with Crippen molar-refractivity contribution in [3.63, 3.8) is 0 Å². The third kappa shape index (κ3) is 7.12. The molecule has 0 saturated carbocycles. The molecule has 34 heavy (non-hydrogen) atoms. The van der Waals surface area contributed by atoms with Crippen molar-refractivity contribution in [1.29, 1.82) is 0 Å². The number of ether oxygens (including phenoxy) is 4. The highest BCUT2D eigenvalue weighted by Gasteiger charge is 2.24. The zero-order valence-corrected chi connectivity index (χ0v) is 18.7. The lowest BCUT2D eigenvalue weighted by atomic mass is 9.93. The van der Waals surface area contributed by atoms with Crippen LogP contribution in [-0.2, 0) is 9.53 Å². The van der Waals surface area contributed by atoms with E-state index in [4.69, 9.17) is 29.3 Å². The number of aliphatic hydroxyl groups excluding tert-OH is 1. The molecule has 0 spiro atoms. The van der Waals surface area contributed by atoms with Crippen LogP contribution in [0.5, 0.6) is 17.2 Å². The summed E-state index contributed by atoms with van der Waals surface area (Å²) in [5, 5.41) is 20.3. The van der Waals surface area contributed by atoms with Crippen molar-refractivity contribution < 1.29 is 38.9 Å². The Morgan fingerprint density at radius 2 is 2.00 bits per heavy atom. The number of allylic oxidation sites excluding steroid dienone is 1. The Hall–Kier alpha value is -3.76. The number of benzene rings is 2. The Bertz CT molecular complexity index is 1010. The average molecular weight is 472 g/mol. The Kier molecular flexibility index (Phi) is 9.12. The fourth-order valence-electron chi connectivity index (χ4n) is 3.43. The number of nitrogens with one attached hydrogen (secondary N) is 2. The number of aliphatic hydroxyl groups is 1. The number of hydrogen-bond donors (Lipinski definition) is 4. The molecule has 10 nitrogen and oxygen atoms in total. The number of anilines is 1. The molecule has 0 bridgehead atoms. The molecule has 0 radical (unpaired) electrons. The fourth-order valence-corrected chi connectivity index (χ4v) is 3.43. The van der Waals surface area contributed by atoms with E-state index < -0.39 is 18.1 Å². The van der Waals surface area contributed by atoms with Crippen molar-refractivity contribution in [3.05, 3.63) is 60.2 Å². The standard InChI is InChI=1S/C24H28N2O8/c1-16(5-2-3-8-22(28)26-30)23(17-6-4-7-19(13-17)31-12-11-27)34-24(29)25-18-9-10-20-21(14-18)33-15-32-20/h3-4,6-10,13-14,16,23,27,30H,2,5,11-12,15H2,1H3,(H,25,29)(H,26,28)/b8-3+/t16-,23+/m0/s1. The number of rotatable bonds is 11. The molecule has 2 atom stereocenters. The van der Waals surface area contributed by atoms with Gasteiger partial charge in [-0.3, -0.25) is 15.3 Å². The highest BCUT2D eigenvalue weighted by atomic mass is 16.7. The quantitative estimate of drug-likeness (QED) is 0.221. The fraction of sp³-hybridized carbons (Fsp3) is 0.333. The molecule has 10 heteroatoms. The van der Waals surface area contributed by atoms with Crippen molar-refractivity contribution in [1.82, 2.24) is 5.48 Å². The lowest BCUT2D eigenvalue weighted by Gasteiger charge is -2.25. The molecule has 0 unspecified atom stereocenters. The molecule has 1 aliphatic heterocycles. The molecule has 182 valence electrons. The van der Waals surface area contributed by atoms with Gasteiger partial charge in [0.2, 0.25) is 6.79 Å². The summed E-state index contributed by atoms with van der Waals surface area (Å²) in [6.45, 7) is 2.09. The van der Waals surface area contributed by atoms with Gasteiger partial charge in [-0.25, -0.2) is 10.3 Å². The van der Waals surface area contributed by atoms with Crippen LogP contribution in [0.15, 0.2) is 54.6 Å². The van der Waals surface area contributed by atoms with Crippen LogP contribution in [0, 0.1) is 5.92 Å². The number of amides is 2. The number of hydrogen-bond acceptors (Lipinski definition) is 8. The average Bonchev–Trinajstić information content (AvgIpc) is 3.31. The maximum atomic E-state index is 12.8. The van der Waals surface area contributed by atoms with Gasteiger partial charge in [-0.1, -0.05) is 25.1 Å². The summed E-state index contributed by atoms with van der Waals surface area (Å²) < 4.78 is 21.9. The zero-order chi connectivity index (χ0) is 24.3. The summed E-state index contributed by atoms with van der Waals surface area (Å²) in [6, 6.07) is 12.2. The van der Waals surface area contributed by atoms with Gasteiger partial charge in [-0.05, 0) is 48.6 Å². The second-order valence-corrected chi connectivity index (χ2v) is 7.60. The molecular formula is C24H28N2O8. The van der Waals surface area contributed by atoms with Crippen LogP contribution in [0.2, 0.25) is 0 Å². The van der Waals surface area contributed by atoms with Crippen LogP contribution in [0.3, 0.4) is 0 Å².